The van der Waals surface area contributed by atoms with E-state index in [1.807, 2.05) is 23.9 Å². The lowest BCUT2D eigenvalue weighted by Crippen LogP contribution is -2.42. The van der Waals surface area contributed by atoms with Crippen LogP contribution in [-0.4, -0.2) is 35.2 Å². The smallest absolute Gasteiger partial charge is 0.191 e. The number of phenolic OH excluding ortho intramolecular Hbond substituents is 1. The number of guanidine groups is 1. The SMILES string of the molecule is CCNC(=NCc1cccc(O)c1)NC1CCC(SC)C1.I. The number of hydrogen-bond acceptors (Lipinski definition) is 3. The lowest BCUT2D eigenvalue weighted by atomic mass is 10.2. The summed E-state index contributed by atoms with van der Waals surface area (Å²) in [6.07, 6.45) is 5.89. The standard InChI is InChI=1S/C16H25N3OS.HI/c1-3-17-16(19-13-7-8-15(10-13)21-2)18-11-12-5-4-6-14(20)9-12;/h4-6,9,13,15,20H,3,7-8,10-11H2,1-2H3,(H2,17,18,19);1H. The van der Waals surface area contributed by atoms with Crippen LogP contribution in [0.25, 0.3) is 0 Å². The average Bonchev–Trinajstić information content (AvgIpc) is 2.93. The molecule has 1 aromatic rings. The number of phenols is 1. The molecule has 0 radical (unpaired) electrons. The molecule has 1 fully saturated rings. The van der Waals surface area contributed by atoms with Gasteiger partial charge in [0.2, 0.25) is 0 Å². The summed E-state index contributed by atoms with van der Waals surface area (Å²) in [5, 5.41) is 17.1. The van der Waals surface area contributed by atoms with E-state index in [9.17, 15) is 5.11 Å². The Labute approximate surface area is 154 Å². The van der Waals surface area contributed by atoms with Crippen molar-refractivity contribution in [2.45, 2.75) is 44.0 Å². The molecule has 2 unspecified atom stereocenters. The monoisotopic (exact) mass is 435 g/mol. The van der Waals surface area contributed by atoms with E-state index in [0.29, 0.717) is 18.3 Å². The molecule has 0 aliphatic heterocycles. The Hall–Kier alpha value is -0.630. The van der Waals surface area contributed by atoms with Crippen molar-refractivity contribution in [1.82, 2.24) is 10.6 Å². The number of thioether (sulfide) groups is 1. The predicted molar refractivity (Wildman–Crippen MR) is 106 cm³/mol. The maximum atomic E-state index is 9.49. The third-order valence-corrected chi connectivity index (χ3v) is 4.83. The van der Waals surface area contributed by atoms with Crippen LogP contribution in [0.4, 0.5) is 0 Å². The van der Waals surface area contributed by atoms with Crippen LogP contribution < -0.4 is 10.6 Å². The van der Waals surface area contributed by atoms with Crippen molar-refractivity contribution < 1.29 is 5.11 Å². The van der Waals surface area contributed by atoms with Gasteiger partial charge in [-0.05, 0) is 50.1 Å². The Bertz CT molecular complexity index is 484. The molecule has 4 nitrogen and oxygen atoms in total. The second kappa shape index (κ2) is 10.2. The summed E-state index contributed by atoms with van der Waals surface area (Å²) in [5.74, 6) is 1.16. The van der Waals surface area contributed by atoms with Gasteiger partial charge in [0.15, 0.2) is 5.96 Å². The van der Waals surface area contributed by atoms with E-state index in [1.165, 1.54) is 19.3 Å². The van der Waals surface area contributed by atoms with Crippen LogP contribution >= 0.6 is 35.7 Å². The zero-order valence-corrected chi connectivity index (χ0v) is 16.4. The summed E-state index contributed by atoms with van der Waals surface area (Å²) in [6, 6.07) is 7.78. The first-order valence-electron chi connectivity index (χ1n) is 7.56. The normalized spacial score (nSPS) is 21.3. The Morgan fingerprint density at radius 1 is 1.41 bits per heavy atom. The number of benzene rings is 1. The van der Waals surface area contributed by atoms with Gasteiger partial charge in [0.1, 0.15) is 5.75 Å². The van der Waals surface area contributed by atoms with E-state index in [1.54, 1.807) is 12.1 Å². The fourth-order valence-electron chi connectivity index (χ4n) is 2.62. The molecule has 0 amide bonds. The Kier molecular flexibility index (Phi) is 9.00. The number of nitrogens with one attached hydrogen (secondary N) is 2. The highest BCUT2D eigenvalue weighted by Gasteiger charge is 2.24. The van der Waals surface area contributed by atoms with Crippen LogP contribution in [0.5, 0.6) is 5.75 Å². The van der Waals surface area contributed by atoms with Crippen molar-refractivity contribution in [2.75, 3.05) is 12.8 Å². The Morgan fingerprint density at radius 2 is 2.23 bits per heavy atom. The van der Waals surface area contributed by atoms with Crippen LogP contribution in [-0.2, 0) is 6.54 Å². The zero-order valence-electron chi connectivity index (χ0n) is 13.2. The van der Waals surface area contributed by atoms with Crippen LogP contribution in [0, 0.1) is 0 Å². The summed E-state index contributed by atoms with van der Waals surface area (Å²) in [7, 11) is 0. The topological polar surface area (TPSA) is 56.7 Å². The number of rotatable bonds is 5. The van der Waals surface area contributed by atoms with Gasteiger partial charge in [-0.25, -0.2) is 4.99 Å². The Morgan fingerprint density at radius 3 is 2.86 bits per heavy atom. The van der Waals surface area contributed by atoms with Gasteiger partial charge in [0.05, 0.1) is 6.54 Å². The first kappa shape index (κ1) is 19.4. The number of hydrogen-bond donors (Lipinski definition) is 3. The summed E-state index contributed by atoms with van der Waals surface area (Å²) in [6.45, 7) is 3.50. The van der Waals surface area contributed by atoms with E-state index in [-0.39, 0.29) is 24.0 Å². The molecule has 0 spiro atoms. The first-order chi connectivity index (χ1) is 10.2. The molecule has 2 atom stereocenters. The number of aliphatic imine (C=N–C) groups is 1. The second-order valence-electron chi connectivity index (χ2n) is 5.38. The summed E-state index contributed by atoms with van der Waals surface area (Å²) in [4.78, 5) is 4.62. The molecule has 1 aliphatic rings. The number of nitrogens with zero attached hydrogens (tertiary/aromatic N) is 1. The molecule has 1 aromatic carbocycles. The van der Waals surface area contributed by atoms with Crippen LogP contribution in [0.3, 0.4) is 0 Å². The van der Waals surface area contributed by atoms with Crippen LogP contribution in [0.1, 0.15) is 31.7 Å². The summed E-state index contributed by atoms with van der Waals surface area (Å²) >= 11 is 1.96. The van der Waals surface area contributed by atoms with Crippen LogP contribution in [0.2, 0.25) is 0 Å². The van der Waals surface area contributed by atoms with Gasteiger partial charge in [0.25, 0.3) is 0 Å². The van der Waals surface area contributed by atoms with E-state index < -0.39 is 0 Å². The largest absolute Gasteiger partial charge is 0.508 e. The van der Waals surface area contributed by atoms with Crippen molar-refractivity contribution in [3.05, 3.63) is 29.8 Å². The van der Waals surface area contributed by atoms with Crippen LogP contribution in [0.15, 0.2) is 29.3 Å². The maximum Gasteiger partial charge on any atom is 0.191 e. The molecule has 3 N–H and O–H groups in total. The van der Waals surface area contributed by atoms with Crippen molar-refractivity contribution in [1.29, 1.82) is 0 Å². The summed E-state index contributed by atoms with van der Waals surface area (Å²) < 4.78 is 0. The molecular weight excluding hydrogens is 409 g/mol. The van der Waals surface area contributed by atoms with Crippen molar-refractivity contribution in [2.24, 2.45) is 4.99 Å². The van der Waals surface area contributed by atoms with E-state index in [0.717, 1.165) is 23.3 Å². The zero-order chi connectivity index (χ0) is 15.1. The molecule has 2 rings (SSSR count). The highest BCUT2D eigenvalue weighted by atomic mass is 127. The fraction of sp³-hybridized carbons (Fsp3) is 0.562. The van der Waals surface area contributed by atoms with E-state index >= 15 is 0 Å². The van der Waals surface area contributed by atoms with Gasteiger partial charge in [-0.2, -0.15) is 11.8 Å². The van der Waals surface area contributed by atoms with Crippen molar-refractivity contribution in [3.8, 4) is 5.75 Å². The number of halogens is 1. The second-order valence-corrected chi connectivity index (χ2v) is 6.52. The maximum absolute atomic E-state index is 9.49. The minimum Gasteiger partial charge on any atom is -0.508 e. The lowest BCUT2D eigenvalue weighted by Gasteiger charge is -2.17. The highest BCUT2D eigenvalue weighted by Crippen LogP contribution is 2.28. The molecule has 124 valence electrons. The van der Waals surface area contributed by atoms with Gasteiger partial charge in [-0.15, -0.1) is 24.0 Å². The van der Waals surface area contributed by atoms with Gasteiger partial charge in [-0.3, -0.25) is 0 Å². The molecule has 0 aromatic heterocycles. The van der Waals surface area contributed by atoms with Gasteiger partial charge in [0, 0.05) is 17.8 Å². The van der Waals surface area contributed by atoms with Crippen molar-refractivity contribution >= 4 is 41.7 Å². The van der Waals surface area contributed by atoms with Gasteiger partial charge in [-0.1, -0.05) is 12.1 Å². The quantitative estimate of drug-likeness (QED) is 0.377. The predicted octanol–water partition coefficient (Wildman–Crippen LogP) is 3.35. The van der Waals surface area contributed by atoms with Gasteiger partial charge < -0.3 is 15.7 Å². The third kappa shape index (κ3) is 6.24. The highest BCUT2D eigenvalue weighted by molar-refractivity contribution is 14.0. The summed E-state index contributed by atoms with van der Waals surface area (Å²) in [5.41, 5.74) is 1.01. The molecule has 1 saturated carbocycles. The lowest BCUT2D eigenvalue weighted by molar-refractivity contribution is 0.474. The molecule has 0 bridgehead atoms. The fourth-order valence-corrected chi connectivity index (χ4v) is 3.42. The molecule has 0 saturated heterocycles. The number of aromatic hydroxyl groups is 1. The molecule has 22 heavy (non-hydrogen) atoms. The average molecular weight is 435 g/mol. The molecule has 0 heterocycles. The first-order valence-corrected chi connectivity index (χ1v) is 8.85. The van der Waals surface area contributed by atoms with E-state index in [2.05, 4.69) is 28.8 Å². The van der Waals surface area contributed by atoms with Crippen molar-refractivity contribution in [3.63, 3.8) is 0 Å². The Balaban J connectivity index is 0.00000242. The minimum atomic E-state index is 0. The van der Waals surface area contributed by atoms with Gasteiger partial charge >= 0.3 is 0 Å². The molecule has 6 heteroatoms. The molecule has 1 aliphatic carbocycles. The third-order valence-electron chi connectivity index (χ3n) is 3.73. The van der Waals surface area contributed by atoms with E-state index in [4.69, 9.17) is 0 Å². The molecular formula is C16H26IN3OS. The minimum absolute atomic E-state index is 0.